The quantitative estimate of drug-likeness (QED) is 0.325. The van der Waals surface area contributed by atoms with Crippen LogP contribution in [-0.2, 0) is 21.2 Å². The molecule has 0 fully saturated rings. The first kappa shape index (κ1) is 28.1. The summed E-state index contributed by atoms with van der Waals surface area (Å²) in [4.78, 5) is 25.9. The van der Waals surface area contributed by atoms with Crippen molar-refractivity contribution in [1.82, 2.24) is 15.0 Å². The molecule has 0 spiro atoms. The normalized spacial score (nSPS) is 12.0. The van der Waals surface area contributed by atoms with E-state index in [4.69, 9.17) is 0 Å². The molecule has 0 bridgehead atoms. The Kier molecular flexibility index (Phi) is 9.60. The molecule has 11 heteroatoms. The van der Waals surface area contributed by atoms with Gasteiger partial charge < -0.3 is 5.32 Å². The molecular formula is C26H30N6O3S2. The number of nitrogens with one attached hydrogen (secondary N) is 2. The Labute approximate surface area is 222 Å². The second kappa shape index (κ2) is 12.7. The van der Waals surface area contributed by atoms with Gasteiger partial charge in [0.1, 0.15) is 11.1 Å². The zero-order valence-electron chi connectivity index (χ0n) is 21.3. The molecule has 37 heavy (non-hydrogen) atoms. The van der Waals surface area contributed by atoms with Gasteiger partial charge in [0.25, 0.3) is 10.0 Å². The van der Waals surface area contributed by atoms with Gasteiger partial charge in [-0.15, -0.1) is 0 Å². The summed E-state index contributed by atoms with van der Waals surface area (Å²) in [7, 11) is -3.90. The van der Waals surface area contributed by atoms with Gasteiger partial charge in [-0.3, -0.25) is 4.79 Å². The van der Waals surface area contributed by atoms with Crippen LogP contribution in [0.4, 0.5) is 11.6 Å². The van der Waals surface area contributed by atoms with Crippen molar-refractivity contribution in [3.63, 3.8) is 0 Å². The Balaban J connectivity index is 1.70. The lowest BCUT2D eigenvalue weighted by molar-refractivity contribution is -0.115. The first-order valence-electron chi connectivity index (χ1n) is 12.0. The molecule has 2 N–H and O–H groups in total. The van der Waals surface area contributed by atoms with Crippen LogP contribution in [0.2, 0.25) is 0 Å². The molecule has 0 aliphatic carbocycles. The molecule has 2 heterocycles. The maximum atomic E-state index is 13.0. The van der Waals surface area contributed by atoms with E-state index in [1.807, 2.05) is 13.0 Å². The number of nitrogens with zero attached hydrogens (tertiary/aromatic N) is 4. The number of anilines is 2. The van der Waals surface area contributed by atoms with Crippen LogP contribution in [0, 0.1) is 25.2 Å². The first-order chi connectivity index (χ1) is 17.6. The van der Waals surface area contributed by atoms with Crippen molar-refractivity contribution in [1.29, 1.82) is 5.26 Å². The SMILES string of the molecule is CCCCc1ccc(C#N)c(SC(CC)C(=O)Nc2ccc(S(=O)(=O)Nc3nc(C)cc(C)n3)cc2)n1. The molecule has 1 atom stereocenters. The predicted molar refractivity (Wildman–Crippen MR) is 145 cm³/mol. The Morgan fingerprint density at radius 2 is 1.73 bits per heavy atom. The van der Waals surface area contributed by atoms with Gasteiger partial charge in [0.2, 0.25) is 11.9 Å². The summed E-state index contributed by atoms with van der Waals surface area (Å²) in [6.45, 7) is 7.51. The van der Waals surface area contributed by atoms with Crippen LogP contribution in [0.3, 0.4) is 0 Å². The smallest absolute Gasteiger partial charge is 0.264 e. The lowest BCUT2D eigenvalue weighted by Gasteiger charge is -2.16. The van der Waals surface area contributed by atoms with E-state index in [0.29, 0.717) is 34.1 Å². The zero-order valence-corrected chi connectivity index (χ0v) is 22.9. The Bertz CT molecular complexity index is 1380. The molecular weight excluding hydrogens is 508 g/mol. The van der Waals surface area contributed by atoms with Crippen LogP contribution in [0.5, 0.6) is 0 Å². The number of thioether (sulfide) groups is 1. The number of rotatable bonds is 11. The molecule has 3 rings (SSSR count). The van der Waals surface area contributed by atoms with Crippen molar-refractivity contribution >= 4 is 39.3 Å². The van der Waals surface area contributed by atoms with E-state index in [1.54, 1.807) is 26.0 Å². The highest BCUT2D eigenvalue weighted by Gasteiger charge is 2.22. The van der Waals surface area contributed by atoms with E-state index in [0.717, 1.165) is 25.0 Å². The Morgan fingerprint density at radius 1 is 1.05 bits per heavy atom. The van der Waals surface area contributed by atoms with Crippen LogP contribution >= 0.6 is 11.8 Å². The van der Waals surface area contributed by atoms with E-state index < -0.39 is 15.3 Å². The van der Waals surface area contributed by atoms with Crippen LogP contribution < -0.4 is 10.0 Å². The minimum absolute atomic E-state index is 0.00167. The molecule has 2 aromatic heterocycles. The lowest BCUT2D eigenvalue weighted by Crippen LogP contribution is -2.25. The standard InChI is InChI=1S/C26H30N6O3S2/c1-5-7-8-20-10-9-19(16-27)25(31-20)36-23(6-2)24(33)30-21-11-13-22(14-12-21)37(34,35)32-26-28-17(3)15-18(4)29-26/h9-15,23H,5-8H2,1-4H3,(H,30,33)(H,28,29,32). The molecule has 194 valence electrons. The number of pyridine rings is 1. The number of carbonyl (C=O) groups excluding carboxylic acids is 1. The Hall–Kier alpha value is -3.49. The number of amides is 1. The van der Waals surface area contributed by atoms with Gasteiger partial charge in [0, 0.05) is 22.8 Å². The zero-order chi connectivity index (χ0) is 27.0. The third-order valence-corrected chi connectivity index (χ3v) is 8.09. The molecule has 0 saturated heterocycles. The average Bonchev–Trinajstić information content (AvgIpc) is 2.85. The highest BCUT2D eigenvalue weighted by atomic mass is 32.2. The van der Waals surface area contributed by atoms with E-state index in [9.17, 15) is 18.5 Å². The van der Waals surface area contributed by atoms with Crippen molar-refractivity contribution in [2.24, 2.45) is 0 Å². The van der Waals surface area contributed by atoms with Gasteiger partial charge in [-0.05, 0) is 75.6 Å². The summed E-state index contributed by atoms with van der Waals surface area (Å²) in [5.74, 6) is -0.253. The van der Waals surface area contributed by atoms with Crippen LogP contribution in [-0.4, -0.2) is 34.5 Å². The second-order valence-corrected chi connectivity index (χ2v) is 11.4. The summed E-state index contributed by atoms with van der Waals surface area (Å²) < 4.78 is 27.9. The van der Waals surface area contributed by atoms with E-state index in [1.165, 1.54) is 36.0 Å². The number of nitriles is 1. The highest BCUT2D eigenvalue weighted by Crippen LogP contribution is 2.28. The van der Waals surface area contributed by atoms with Crippen molar-refractivity contribution in [2.45, 2.75) is 68.5 Å². The fourth-order valence-electron chi connectivity index (χ4n) is 3.50. The number of hydrogen-bond acceptors (Lipinski definition) is 8. The number of aromatic nitrogens is 3. The first-order valence-corrected chi connectivity index (χ1v) is 14.3. The molecule has 1 amide bonds. The van der Waals surface area contributed by atoms with Crippen LogP contribution in [0.25, 0.3) is 0 Å². The summed E-state index contributed by atoms with van der Waals surface area (Å²) in [5.41, 5.74) is 3.09. The fourth-order valence-corrected chi connectivity index (χ4v) is 5.46. The van der Waals surface area contributed by atoms with Gasteiger partial charge in [-0.25, -0.2) is 28.1 Å². The van der Waals surface area contributed by atoms with Crippen LogP contribution in [0.1, 0.15) is 55.8 Å². The van der Waals surface area contributed by atoms with Gasteiger partial charge in [0.15, 0.2) is 0 Å². The van der Waals surface area contributed by atoms with E-state index >= 15 is 0 Å². The van der Waals surface area contributed by atoms with Crippen molar-refractivity contribution < 1.29 is 13.2 Å². The molecule has 0 radical (unpaired) electrons. The summed E-state index contributed by atoms with van der Waals surface area (Å²) in [6, 6.07) is 13.4. The minimum Gasteiger partial charge on any atom is -0.325 e. The molecule has 0 aliphatic heterocycles. The molecule has 0 aliphatic rings. The molecule has 1 aromatic carbocycles. The Morgan fingerprint density at radius 3 is 2.32 bits per heavy atom. The molecule has 3 aromatic rings. The average molecular weight is 539 g/mol. The molecule has 1 unspecified atom stereocenters. The number of sulfonamides is 1. The molecule has 0 saturated carbocycles. The topological polar surface area (TPSA) is 138 Å². The van der Waals surface area contributed by atoms with Gasteiger partial charge in [0.05, 0.1) is 15.7 Å². The highest BCUT2D eigenvalue weighted by molar-refractivity contribution is 8.00. The fraction of sp³-hybridized carbons (Fsp3) is 0.346. The second-order valence-electron chi connectivity index (χ2n) is 8.48. The van der Waals surface area contributed by atoms with Crippen molar-refractivity contribution in [2.75, 3.05) is 10.0 Å². The number of hydrogen-bond donors (Lipinski definition) is 2. The van der Waals surface area contributed by atoms with E-state index in [-0.39, 0.29) is 16.8 Å². The third kappa shape index (κ3) is 7.74. The monoisotopic (exact) mass is 538 g/mol. The van der Waals surface area contributed by atoms with E-state index in [2.05, 4.69) is 38.0 Å². The van der Waals surface area contributed by atoms with Gasteiger partial charge in [-0.2, -0.15) is 5.26 Å². The van der Waals surface area contributed by atoms with Gasteiger partial charge in [-0.1, -0.05) is 32.0 Å². The lowest BCUT2D eigenvalue weighted by atomic mass is 10.2. The number of benzene rings is 1. The van der Waals surface area contributed by atoms with Crippen molar-refractivity contribution in [3.8, 4) is 6.07 Å². The maximum Gasteiger partial charge on any atom is 0.264 e. The minimum atomic E-state index is -3.90. The summed E-state index contributed by atoms with van der Waals surface area (Å²) >= 11 is 1.26. The number of carbonyl (C=O) groups is 1. The number of unbranched alkanes of at least 4 members (excludes halogenated alkanes) is 1. The summed E-state index contributed by atoms with van der Waals surface area (Å²) in [6.07, 6.45) is 3.38. The molecule has 9 nitrogen and oxygen atoms in total. The third-order valence-electron chi connectivity index (χ3n) is 5.38. The van der Waals surface area contributed by atoms with Crippen LogP contribution in [0.15, 0.2) is 52.4 Å². The van der Waals surface area contributed by atoms with Gasteiger partial charge >= 0.3 is 0 Å². The summed E-state index contributed by atoms with van der Waals surface area (Å²) in [5, 5.41) is 12.4. The number of aryl methyl sites for hydroxylation is 3. The largest absolute Gasteiger partial charge is 0.325 e. The van der Waals surface area contributed by atoms with Crippen molar-refractivity contribution in [3.05, 3.63) is 65.1 Å². The maximum absolute atomic E-state index is 13.0. The predicted octanol–water partition coefficient (Wildman–Crippen LogP) is 5.01.